The minimum atomic E-state index is -0.152. The summed E-state index contributed by atoms with van der Waals surface area (Å²) in [6, 6.07) is 11.2. The number of aromatic nitrogens is 3. The standard InChI is InChI=1S/C16H10ClN3OS/c1-9-3-2-4-10-8-18-20(15(21)14(9)10)16-19-12-6-5-11(17)7-13(12)22-16/h2-8H,1H3. The van der Waals surface area contributed by atoms with E-state index in [1.807, 2.05) is 37.3 Å². The first-order valence-corrected chi connectivity index (χ1v) is 7.87. The van der Waals surface area contributed by atoms with Gasteiger partial charge in [0.25, 0.3) is 5.56 Å². The van der Waals surface area contributed by atoms with Gasteiger partial charge < -0.3 is 0 Å². The number of hydrogen-bond donors (Lipinski definition) is 0. The molecule has 4 nitrogen and oxygen atoms in total. The zero-order chi connectivity index (χ0) is 15.3. The lowest BCUT2D eigenvalue weighted by Crippen LogP contribution is -2.21. The molecule has 0 N–H and O–H groups in total. The van der Waals surface area contributed by atoms with Gasteiger partial charge in [-0.3, -0.25) is 4.79 Å². The fourth-order valence-electron chi connectivity index (χ4n) is 2.48. The number of halogens is 1. The van der Waals surface area contributed by atoms with Gasteiger partial charge in [-0.15, -0.1) is 0 Å². The van der Waals surface area contributed by atoms with Crippen LogP contribution in [0.5, 0.6) is 0 Å². The molecule has 6 heteroatoms. The van der Waals surface area contributed by atoms with E-state index in [0.717, 1.165) is 21.2 Å². The van der Waals surface area contributed by atoms with E-state index < -0.39 is 0 Å². The van der Waals surface area contributed by atoms with E-state index in [4.69, 9.17) is 11.6 Å². The number of hydrogen-bond acceptors (Lipinski definition) is 4. The maximum atomic E-state index is 12.7. The predicted octanol–water partition coefficient (Wildman–Crippen LogP) is 3.96. The highest BCUT2D eigenvalue weighted by Crippen LogP contribution is 2.26. The molecule has 0 amide bonds. The maximum Gasteiger partial charge on any atom is 0.281 e. The molecule has 0 atom stereocenters. The molecule has 22 heavy (non-hydrogen) atoms. The summed E-state index contributed by atoms with van der Waals surface area (Å²) in [6.45, 7) is 1.92. The van der Waals surface area contributed by atoms with E-state index in [1.54, 1.807) is 12.3 Å². The molecule has 0 aliphatic rings. The van der Waals surface area contributed by atoms with Crippen LogP contribution in [-0.2, 0) is 0 Å². The van der Waals surface area contributed by atoms with Gasteiger partial charge in [-0.2, -0.15) is 9.78 Å². The Labute approximate surface area is 134 Å². The highest BCUT2D eigenvalue weighted by atomic mass is 35.5. The molecule has 0 spiro atoms. The van der Waals surface area contributed by atoms with Gasteiger partial charge >= 0.3 is 0 Å². The van der Waals surface area contributed by atoms with Crippen molar-refractivity contribution in [2.75, 3.05) is 0 Å². The van der Waals surface area contributed by atoms with Gasteiger partial charge in [0.1, 0.15) is 0 Å². The second kappa shape index (κ2) is 4.90. The van der Waals surface area contributed by atoms with Crippen LogP contribution in [0, 0.1) is 6.92 Å². The summed E-state index contributed by atoms with van der Waals surface area (Å²) in [6.07, 6.45) is 1.70. The smallest absolute Gasteiger partial charge is 0.267 e. The number of aryl methyl sites for hydroxylation is 1. The first-order chi connectivity index (χ1) is 10.6. The third kappa shape index (κ3) is 2.01. The average molecular weight is 328 g/mol. The number of fused-ring (bicyclic) bond motifs is 2. The van der Waals surface area contributed by atoms with Crippen molar-refractivity contribution in [1.82, 2.24) is 14.8 Å². The topological polar surface area (TPSA) is 47.8 Å². The van der Waals surface area contributed by atoms with Gasteiger partial charge in [0.05, 0.1) is 21.8 Å². The van der Waals surface area contributed by atoms with Gasteiger partial charge in [-0.05, 0) is 30.7 Å². The summed E-state index contributed by atoms with van der Waals surface area (Å²) >= 11 is 7.40. The minimum Gasteiger partial charge on any atom is -0.267 e. The Morgan fingerprint density at radius 3 is 2.95 bits per heavy atom. The van der Waals surface area contributed by atoms with Crippen molar-refractivity contribution in [3.05, 3.63) is 63.5 Å². The van der Waals surface area contributed by atoms with Crippen LogP contribution in [-0.4, -0.2) is 14.8 Å². The largest absolute Gasteiger partial charge is 0.281 e. The molecule has 0 bridgehead atoms. The summed E-state index contributed by atoms with van der Waals surface area (Å²) in [5.74, 6) is 0. The molecule has 0 radical (unpaired) electrons. The maximum absolute atomic E-state index is 12.7. The zero-order valence-electron chi connectivity index (χ0n) is 11.6. The Bertz CT molecular complexity index is 1080. The lowest BCUT2D eigenvalue weighted by molar-refractivity contribution is 0.815. The van der Waals surface area contributed by atoms with E-state index in [1.165, 1.54) is 16.0 Å². The first kappa shape index (κ1) is 13.4. The highest BCUT2D eigenvalue weighted by Gasteiger charge is 2.12. The second-order valence-electron chi connectivity index (χ2n) is 5.01. The highest BCUT2D eigenvalue weighted by molar-refractivity contribution is 7.20. The third-order valence-corrected chi connectivity index (χ3v) is 4.77. The molecule has 0 aliphatic carbocycles. The van der Waals surface area contributed by atoms with Gasteiger partial charge in [0.2, 0.25) is 5.13 Å². The van der Waals surface area contributed by atoms with Gasteiger partial charge in [-0.1, -0.05) is 41.1 Å². The fraction of sp³-hybridized carbons (Fsp3) is 0.0625. The van der Waals surface area contributed by atoms with Crippen LogP contribution in [0.3, 0.4) is 0 Å². The summed E-state index contributed by atoms with van der Waals surface area (Å²) in [7, 11) is 0. The quantitative estimate of drug-likeness (QED) is 0.531. The normalized spacial score (nSPS) is 11.4. The Morgan fingerprint density at radius 1 is 1.23 bits per heavy atom. The van der Waals surface area contributed by atoms with Crippen LogP contribution in [0.2, 0.25) is 5.02 Å². The van der Waals surface area contributed by atoms with Crippen molar-refractivity contribution in [3.8, 4) is 5.13 Å². The monoisotopic (exact) mass is 327 g/mol. The molecule has 4 rings (SSSR count). The Hall–Kier alpha value is -2.24. The molecular weight excluding hydrogens is 318 g/mol. The number of nitrogens with zero attached hydrogens (tertiary/aromatic N) is 3. The lowest BCUT2D eigenvalue weighted by Gasteiger charge is -2.04. The Morgan fingerprint density at radius 2 is 2.09 bits per heavy atom. The van der Waals surface area contributed by atoms with E-state index in [0.29, 0.717) is 15.5 Å². The predicted molar refractivity (Wildman–Crippen MR) is 90.3 cm³/mol. The van der Waals surface area contributed by atoms with Gasteiger partial charge in [-0.25, -0.2) is 4.98 Å². The van der Waals surface area contributed by atoms with Gasteiger partial charge in [0, 0.05) is 10.4 Å². The van der Waals surface area contributed by atoms with Crippen LogP contribution in [0.25, 0.3) is 26.1 Å². The van der Waals surface area contributed by atoms with Gasteiger partial charge in [0.15, 0.2) is 0 Å². The van der Waals surface area contributed by atoms with E-state index in [2.05, 4.69) is 10.1 Å². The Balaban J connectivity index is 2.02. The van der Waals surface area contributed by atoms with E-state index in [-0.39, 0.29) is 5.56 Å². The Kier molecular flexibility index (Phi) is 2.99. The minimum absolute atomic E-state index is 0.152. The SMILES string of the molecule is Cc1cccc2cnn(-c3nc4ccc(Cl)cc4s3)c(=O)c12. The van der Waals surface area contributed by atoms with E-state index >= 15 is 0 Å². The molecule has 2 heterocycles. The van der Waals surface area contributed by atoms with Crippen LogP contribution in [0.4, 0.5) is 0 Å². The fourth-order valence-corrected chi connectivity index (χ4v) is 3.68. The molecule has 0 aliphatic heterocycles. The number of benzene rings is 2. The van der Waals surface area contributed by atoms with Crippen molar-refractivity contribution < 1.29 is 0 Å². The lowest BCUT2D eigenvalue weighted by atomic mass is 10.1. The molecule has 0 unspecified atom stereocenters. The van der Waals surface area contributed by atoms with Crippen molar-refractivity contribution in [2.24, 2.45) is 0 Å². The second-order valence-corrected chi connectivity index (χ2v) is 6.45. The van der Waals surface area contributed by atoms with Crippen LogP contribution >= 0.6 is 22.9 Å². The van der Waals surface area contributed by atoms with Crippen molar-refractivity contribution in [3.63, 3.8) is 0 Å². The van der Waals surface area contributed by atoms with Crippen molar-refractivity contribution in [2.45, 2.75) is 6.92 Å². The van der Waals surface area contributed by atoms with Crippen LogP contribution in [0.1, 0.15) is 5.56 Å². The summed E-state index contributed by atoms with van der Waals surface area (Å²) in [5.41, 5.74) is 1.59. The zero-order valence-corrected chi connectivity index (χ0v) is 13.1. The number of rotatable bonds is 1. The van der Waals surface area contributed by atoms with Crippen molar-refractivity contribution in [1.29, 1.82) is 0 Å². The first-order valence-electron chi connectivity index (χ1n) is 6.67. The van der Waals surface area contributed by atoms with E-state index in [9.17, 15) is 4.79 Å². The molecule has 0 saturated carbocycles. The average Bonchev–Trinajstić information content (AvgIpc) is 2.90. The molecule has 2 aromatic carbocycles. The molecule has 2 aromatic heterocycles. The number of thiazole rings is 1. The third-order valence-electron chi connectivity index (χ3n) is 3.54. The molecule has 108 valence electrons. The summed E-state index contributed by atoms with van der Waals surface area (Å²) in [5, 5.41) is 6.97. The molecule has 0 fully saturated rings. The van der Waals surface area contributed by atoms with Crippen molar-refractivity contribution >= 4 is 43.9 Å². The van der Waals surface area contributed by atoms with Crippen LogP contribution < -0.4 is 5.56 Å². The summed E-state index contributed by atoms with van der Waals surface area (Å²) < 4.78 is 2.29. The molecule has 4 aromatic rings. The molecular formula is C16H10ClN3OS. The molecule has 0 saturated heterocycles. The van der Waals surface area contributed by atoms with Crippen LogP contribution in [0.15, 0.2) is 47.4 Å². The summed E-state index contributed by atoms with van der Waals surface area (Å²) in [4.78, 5) is 17.2.